The van der Waals surface area contributed by atoms with Crippen LogP contribution < -0.4 is 5.73 Å². The SMILES string of the molecule is CCCCCCn1ccc2ccc(N)cc21. The average molecular weight is 216 g/mol. The van der Waals surface area contributed by atoms with Crippen LogP contribution in [0.15, 0.2) is 30.5 Å². The fraction of sp³-hybridized carbons (Fsp3) is 0.429. The van der Waals surface area contributed by atoms with E-state index in [2.05, 4.69) is 35.9 Å². The van der Waals surface area contributed by atoms with E-state index in [4.69, 9.17) is 5.73 Å². The van der Waals surface area contributed by atoms with Gasteiger partial charge in [0.15, 0.2) is 0 Å². The maximum Gasteiger partial charge on any atom is 0.0500 e. The molecule has 2 N–H and O–H groups in total. The molecule has 2 aromatic rings. The van der Waals surface area contributed by atoms with E-state index in [9.17, 15) is 0 Å². The third kappa shape index (κ3) is 2.38. The number of aryl methyl sites for hydroxylation is 1. The number of nitrogen functional groups attached to an aromatic ring is 1. The van der Waals surface area contributed by atoms with E-state index in [1.807, 2.05) is 6.07 Å². The molecule has 1 aromatic carbocycles. The molecule has 86 valence electrons. The molecule has 2 nitrogen and oxygen atoms in total. The average Bonchev–Trinajstić information content (AvgIpc) is 2.67. The van der Waals surface area contributed by atoms with Crippen LogP contribution in [0, 0.1) is 0 Å². The van der Waals surface area contributed by atoms with Crippen molar-refractivity contribution in [1.29, 1.82) is 0 Å². The van der Waals surface area contributed by atoms with Gasteiger partial charge in [0.1, 0.15) is 0 Å². The molecule has 0 aliphatic rings. The summed E-state index contributed by atoms with van der Waals surface area (Å²) in [6, 6.07) is 8.28. The van der Waals surface area contributed by atoms with Gasteiger partial charge in [0, 0.05) is 18.4 Å². The summed E-state index contributed by atoms with van der Waals surface area (Å²) in [5.74, 6) is 0. The lowest BCUT2D eigenvalue weighted by atomic mass is 10.2. The van der Waals surface area contributed by atoms with Crippen molar-refractivity contribution in [3.63, 3.8) is 0 Å². The number of nitrogens with zero attached hydrogens (tertiary/aromatic N) is 1. The van der Waals surface area contributed by atoms with Crippen molar-refractivity contribution < 1.29 is 0 Å². The smallest absolute Gasteiger partial charge is 0.0500 e. The highest BCUT2D eigenvalue weighted by molar-refractivity contribution is 5.83. The van der Waals surface area contributed by atoms with Gasteiger partial charge in [0.05, 0.1) is 5.52 Å². The number of hydrogen-bond acceptors (Lipinski definition) is 1. The second-order valence-electron chi connectivity index (χ2n) is 4.39. The molecule has 0 aliphatic carbocycles. The molecule has 0 radical (unpaired) electrons. The molecule has 0 unspecified atom stereocenters. The van der Waals surface area contributed by atoms with Crippen LogP contribution in [0.1, 0.15) is 32.6 Å². The standard InChI is InChI=1S/C14H20N2/c1-2-3-4-5-9-16-10-8-12-6-7-13(15)11-14(12)16/h6-8,10-11H,2-5,9,15H2,1H3. The quantitative estimate of drug-likeness (QED) is 0.598. The molecule has 0 fully saturated rings. The number of aromatic nitrogens is 1. The second kappa shape index (κ2) is 5.06. The minimum Gasteiger partial charge on any atom is -0.399 e. The van der Waals surface area contributed by atoms with Gasteiger partial charge in [-0.15, -0.1) is 0 Å². The van der Waals surface area contributed by atoms with Gasteiger partial charge in [0.25, 0.3) is 0 Å². The Kier molecular flexibility index (Phi) is 3.50. The van der Waals surface area contributed by atoms with E-state index >= 15 is 0 Å². The predicted octanol–water partition coefficient (Wildman–Crippen LogP) is 3.80. The van der Waals surface area contributed by atoms with Crippen LogP contribution >= 0.6 is 0 Å². The lowest BCUT2D eigenvalue weighted by Crippen LogP contribution is -1.96. The topological polar surface area (TPSA) is 30.9 Å². The van der Waals surface area contributed by atoms with Crippen molar-refractivity contribution in [3.8, 4) is 0 Å². The molecule has 0 aliphatic heterocycles. The van der Waals surface area contributed by atoms with Crippen molar-refractivity contribution in [3.05, 3.63) is 30.5 Å². The summed E-state index contributed by atoms with van der Waals surface area (Å²) >= 11 is 0. The van der Waals surface area contributed by atoms with Crippen LogP contribution in [0.4, 0.5) is 5.69 Å². The number of fused-ring (bicyclic) bond motifs is 1. The number of nitrogens with two attached hydrogens (primary N) is 1. The largest absolute Gasteiger partial charge is 0.399 e. The second-order valence-corrected chi connectivity index (χ2v) is 4.39. The fourth-order valence-corrected chi connectivity index (χ4v) is 2.10. The molecule has 0 saturated heterocycles. The molecule has 1 aromatic heterocycles. The number of benzene rings is 1. The summed E-state index contributed by atoms with van der Waals surface area (Å²) in [4.78, 5) is 0. The van der Waals surface area contributed by atoms with E-state index in [0.717, 1.165) is 12.2 Å². The Morgan fingerprint density at radius 2 is 2.00 bits per heavy atom. The first-order chi connectivity index (χ1) is 7.81. The first kappa shape index (κ1) is 11.1. The summed E-state index contributed by atoms with van der Waals surface area (Å²) in [7, 11) is 0. The molecule has 0 atom stereocenters. The van der Waals surface area contributed by atoms with Gasteiger partial charge in [-0.05, 0) is 30.0 Å². The summed E-state index contributed by atoms with van der Waals surface area (Å²) in [6.07, 6.45) is 7.36. The van der Waals surface area contributed by atoms with Crippen LogP contribution in [-0.4, -0.2) is 4.57 Å². The number of hydrogen-bond donors (Lipinski definition) is 1. The van der Waals surface area contributed by atoms with E-state index in [0.29, 0.717) is 0 Å². The molecule has 2 heteroatoms. The van der Waals surface area contributed by atoms with Gasteiger partial charge in [-0.3, -0.25) is 0 Å². The third-order valence-corrected chi connectivity index (χ3v) is 3.05. The van der Waals surface area contributed by atoms with Crippen LogP contribution in [0.3, 0.4) is 0 Å². The molecule has 1 heterocycles. The molecule has 0 spiro atoms. The Bertz CT molecular complexity index is 457. The highest BCUT2D eigenvalue weighted by Crippen LogP contribution is 2.19. The Hall–Kier alpha value is -1.44. The summed E-state index contributed by atoms with van der Waals surface area (Å²) in [6.45, 7) is 3.35. The lowest BCUT2D eigenvalue weighted by molar-refractivity contribution is 0.594. The van der Waals surface area contributed by atoms with Crippen molar-refractivity contribution in [2.75, 3.05) is 5.73 Å². The van der Waals surface area contributed by atoms with E-state index in [-0.39, 0.29) is 0 Å². The highest BCUT2D eigenvalue weighted by atomic mass is 14.9. The Morgan fingerprint density at radius 3 is 2.81 bits per heavy atom. The zero-order valence-corrected chi connectivity index (χ0v) is 9.95. The van der Waals surface area contributed by atoms with Gasteiger partial charge in [-0.1, -0.05) is 32.3 Å². The van der Waals surface area contributed by atoms with Gasteiger partial charge in [-0.25, -0.2) is 0 Å². The summed E-state index contributed by atoms with van der Waals surface area (Å²) in [5.41, 5.74) is 7.92. The molecule has 2 rings (SSSR count). The zero-order valence-electron chi connectivity index (χ0n) is 9.95. The Labute approximate surface area is 97.1 Å². The van der Waals surface area contributed by atoms with Gasteiger partial charge in [-0.2, -0.15) is 0 Å². The van der Waals surface area contributed by atoms with E-state index < -0.39 is 0 Å². The van der Waals surface area contributed by atoms with E-state index in [1.165, 1.54) is 36.6 Å². The minimum atomic E-state index is 0.848. The Balaban J connectivity index is 2.09. The van der Waals surface area contributed by atoms with Crippen molar-refractivity contribution in [1.82, 2.24) is 4.57 Å². The van der Waals surface area contributed by atoms with Crippen LogP contribution in [-0.2, 0) is 6.54 Å². The molecular weight excluding hydrogens is 196 g/mol. The van der Waals surface area contributed by atoms with Crippen LogP contribution in [0.25, 0.3) is 10.9 Å². The number of rotatable bonds is 5. The first-order valence-electron chi connectivity index (χ1n) is 6.15. The van der Waals surface area contributed by atoms with Gasteiger partial charge >= 0.3 is 0 Å². The number of anilines is 1. The zero-order chi connectivity index (χ0) is 11.4. The molecule has 0 amide bonds. The van der Waals surface area contributed by atoms with Crippen molar-refractivity contribution in [2.24, 2.45) is 0 Å². The third-order valence-electron chi connectivity index (χ3n) is 3.05. The molecule has 0 bridgehead atoms. The normalized spacial score (nSPS) is 11.1. The summed E-state index contributed by atoms with van der Waals surface area (Å²) in [5, 5.41) is 1.28. The maximum atomic E-state index is 5.81. The van der Waals surface area contributed by atoms with Crippen molar-refractivity contribution in [2.45, 2.75) is 39.2 Å². The van der Waals surface area contributed by atoms with E-state index in [1.54, 1.807) is 0 Å². The van der Waals surface area contributed by atoms with Crippen LogP contribution in [0.2, 0.25) is 0 Å². The fourth-order valence-electron chi connectivity index (χ4n) is 2.10. The first-order valence-corrected chi connectivity index (χ1v) is 6.15. The molecule has 16 heavy (non-hydrogen) atoms. The Morgan fingerprint density at radius 1 is 1.12 bits per heavy atom. The molecular formula is C14H20N2. The van der Waals surface area contributed by atoms with Crippen LogP contribution in [0.5, 0.6) is 0 Å². The highest BCUT2D eigenvalue weighted by Gasteiger charge is 2.00. The maximum absolute atomic E-state index is 5.81. The van der Waals surface area contributed by atoms with Gasteiger partial charge < -0.3 is 10.3 Å². The summed E-state index contributed by atoms with van der Waals surface area (Å²) < 4.78 is 2.31. The molecule has 0 saturated carbocycles. The van der Waals surface area contributed by atoms with Gasteiger partial charge in [0.2, 0.25) is 0 Å². The minimum absolute atomic E-state index is 0.848. The number of unbranched alkanes of at least 4 members (excludes halogenated alkanes) is 3. The van der Waals surface area contributed by atoms with Crippen molar-refractivity contribution >= 4 is 16.6 Å². The lowest BCUT2D eigenvalue weighted by Gasteiger charge is -2.05. The monoisotopic (exact) mass is 216 g/mol. The predicted molar refractivity (Wildman–Crippen MR) is 70.5 cm³/mol.